The predicted octanol–water partition coefficient (Wildman–Crippen LogP) is 4.73. The van der Waals surface area contributed by atoms with Gasteiger partial charge in [-0.25, -0.2) is 9.37 Å². The van der Waals surface area contributed by atoms with Gasteiger partial charge in [-0.1, -0.05) is 12.1 Å². The third-order valence-corrected chi connectivity index (χ3v) is 5.50. The first-order chi connectivity index (χ1) is 14.0. The van der Waals surface area contributed by atoms with E-state index in [4.69, 9.17) is 14.9 Å². The fourth-order valence-electron chi connectivity index (χ4n) is 3.20. The minimum atomic E-state index is -0.448. The van der Waals surface area contributed by atoms with Crippen LogP contribution < -0.4 is 14.4 Å². The summed E-state index contributed by atoms with van der Waals surface area (Å²) in [6.45, 7) is 0.0281. The van der Waals surface area contributed by atoms with Crippen molar-refractivity contribution in [1.82, 2.24) is 4.98 Å². The molecule has 0 saturated heterocycles. The molecular weight excluding hydrogens is 393 g/mol. The molecule has 3 aromatic rings. The number of aromatic nitrogens is 1. The van der Waals surface area contributed by atoms with Crippen LogP contribution in [-0.2, 0) is 0 Å². The Balaban J connectivity index is 1.65. The first-order valence-corrected chi connectivity index (χ1v) is 9.63. The maximum absolute atomic E-state index is 14.2. The summed E-state index contributed by atoms with van der Waals surface area (Å²) in [6, 6.07) is 11.7. The number of nitrogens with zero attached hydrogens (tertiary/aromatic N) is 2. The molecule has 0 fully saturated rings. The second-order valence-electron chi connectivity index (χ2n) is 6.32. The van der Waals surface area contributed by atoms with Gasteiger partial charge in [0.15, 0.2) is 11.5 Å². The number of thiazole rings is 1. The Morgan fingerprint density at radius 1 is 1.14 bits per heavy atom. The average molecular weight is 411 g/mol. The number of methoxy groups -OCH3 is 2. The van der Waals surface area contributed by atoms with Crippen LogP contribution in [0.3, 0.4) is 0 Å². The Kier molecular flexibility index (Phi) is 4.94. The van der Waals surface area contributed by atoms with Crippen molar-refractivity contribution >= 4 is 28.4 Å². The van der Waals surface area contributed by atoms with Crippen molar-refractivity contribution < 1.29 is 19.0 Å². The van der Waals surface area contributed by atoms with Crippen molar-refractivity contribution in [2.24, 2.45) is 0 Å². The zero-order chi connectivity index (χ0) is 20.5. The van der Waals surface area contributed by atoms with Crippen molar-refractivity contribution in [2.45, 2.75) is 0 Å². The van der Waals surface area contributed by atoms with Gasteiger partial charge in [-0.2, -0.15) is 0 Å². The van der Waals surface area contributed by atoms with E-state index >= 15 is 0 Å². The Hall–Kier alpha value is -3.39. The highest BCUT2D eigenvalue weighted by Gasteiger charge is 2.32. The van der Waals surface area contributed by atoms with Gasteiger partial charge in [0, 0.05) is 10.9 Å². The standard InChI is InChI=1S/C21H18FN3O3S/c1-27-17-8-7-12(9-18(17)28-2)14-11-29-21(24-14)19-16(26)10-25(20(19)23)15-6-4-3-5-13(15)22/h3-9,11,23,26H,10H2,1-2H3. The second kappa shape index (κ2) is 7.56. The smallest absolute Gasteiger partial charge is 0.161 e. The van der Waals surface area contributed by atoms with Crippen molar-refractivity contribution in [2.75, 3.05) is 25.7 Å². The number of para-hydroxylation sites is 1. The Labute approximate surface area is 171 Å². The number of rotatable bonds is 5. The summed E-state index contributed by atoms with van der Waals surface area (Å²) in [5.41, 5.74) is 2.06. The van der Waals surface area contributed by atoms with Crippen LogP contribution in [0.1, 0.15) is 5.01 Å². The minimum Gasteiger partial charge on any atom is -0.510 e. The lowest BCUT2D eigenvalue weighted by atomic mass is 10.1. The third-order valence-electron chi connectivity index (χ3n) is 4.64. The first kappa shape index (κ1) is 18.9. The van der Waals surface area contributed by atoms with Crippen LogP contribution in [-0.4, -0.2) is 36.7 Å². The maximum atomic E-state index is 14.2. The highest BCUT2D eigenvalue weighted by Crippen LogP contribution is 2.37. The number of nitrogens with one attached hydrogen (secondary N) is 1. The van der Waals surface area contributed by atoms with Gasteiger partial charge in [0.25, 0.3) is 0 Å². The zero-order valence-corrected chi connectivity index (χ0v) is 16.6. The predicted molar refractivity (Wildman–Crippen MR) is 112 cm³/mol. The van der Waals surface area contributed by atoms with Gasteiger partial charge in [-0.15, -0.1) is 11.3 Å². The summed E-state index contributed by atoms with van der Waals surface area (Å²) in [5, 5.41) is 21.3. The lowest BCUT2D eigenvalue weighted by molar-refractivity contribution is 0.355. The summed E-state index contributed by atoms with van der Waals surface area (Å²) >= 11 is 1.31. The molecule has 6 nitrogen and oxygen atoms in total. The lowest BCUT2D eigenvalue weighted by Gasteiger charge is -2.19. The Bertz CT molecular complexity index is 1130. The molecule has 1 aliphatic rings. The van der Waals surface area contributed by atoms with Gasteiger partial charge in [0.05, 0.1) is 37.7 Å². The van der Waals surface area contributed by atoms with Crippen LogP contribution in [0.25, 0.3) is 16.8 Å². The molecule has 0 saturated carbocycles. The highest BCUT2D eigenvalue weighted by atomic mass is 32.1. The molecule has 0 atom stereocenters. The molecule has 0 spiro atoms. The van der Waals surface area contributed by atoms with Gasteiger partial charge in [-0.05, 0) is 30.3 Å². The molecule has 2 N–H and O–H groups in total. The molecule has 0 bridgehead atoms. The molecule has 2 heterocycles. The van der Waals surface area contributed by atoms with Crippen LogP contribution in [0.2, 0.25) is 0 Å². The van der Waals surface area contributed by atoms with E-state index in [1.54, 1.807) is 38.5 Å². The van der Waals surface area contributed by atoms with E-state index in [1.807, 2.05) is 17.5 Å². The Morgan fingerprint density at radius 3 is 2.62 bits per heavy atom. The van der Waals surface area contributed by atoms with E-state index < -0.39 is 5.82 Å². The molecule has 8 heteroatoms. The maximum Gasteiger partial charge on any atom is 0.161 e. The number of amidine groups is 1. The molecule has 0 amide bonds. The Morgan fingerprint density at radius 2 is 1.90 bits per heavy atom. The van der Waals surface area contributed by atoms with E-state index in [0.29, 0.717) is 27.8 Å². The van der Waals surface area contributed by atoms with Crippen LogP contribution in [0.5, 0.6) is 11.5 Å². The van der Waals surface area contributed by atoms with Crippen molar-refractivity contribution in [3.8, 4) is 22.8 Å². The average Bonchev–Trinajstić information content (AvgIpc) is 3.32. The highest BCUT2D eigenvalue weighted by molar-refractivity contribution is 7.11. The number of aliphatic hydroxyl groups is 1. The summed E-state index contributed by atoms with van der Waals surface area (Å²) in [4.78, 5) is 6.02. The summed E-state index contributed by atoms with van der Waals surface area (Å²) in [6.07, 6.45) is 0. The van der Waals surface area contributed by atoms with Gasteiger partial charge in [-0.3, -0.25) is 5.41 Å². The zero-order valence-electron chi connectivity index (χ0n) is 15.8. The van der Waals surface area contributed by atoms with Crippen LogP contribution in [0.4, 0.5) is 10.1 Å². The van der Waals surface area contributed by atoms with Crippen LogP contribution in [0, 0.1) is 11.2 Å². The SMILES string of the molecule is COc1ccc(-c2csc(C3=C(O)CN(c4ccccc4F)C3=N)n2)cc1OC. The van der Waals surface area contributed by atoms with Crippen molar-refractivity contribution in [3.05, 3.63) is 64.4 Å². The molecular formula is C21H18FN3O3S. The number of hydrogen-bond acceptors (Lipinski definition) is 6. The molecule has 0 unspecified atom stereocenters. The van der Waals surface area contributed by atoms with Crippen LogP contribution >= 0.6 is 11.3 Å². The number of ether oxygens (including phenoxy) is 2. The number of hydrogen-bond donors (Lipinski definition) is 2. The third kappa shape index (κ3) is 3.31. The second-order valence-corrected chi connectivity index (χ2v) is 7.17. The topological polar surface area (TPSA) is 78.7 Å². The molecule has 0 radical (unpaired) electrons. The number of aliphatic hydroxyl groups excluding tert-OH is 1. The van der Waals surface area contributed by atoms with Crippen molar-refractivity contribution in [1.29, 1.82) is 5.41 Å². The minimum absolute atomic E-state index is 0.00790. The summed E-state index contributed by atoms with van der Waals surface area (Å²) < 4.78 is 24.8. The number of benzene rings is 2. The summed E-state index contributed by atoms with van der Waals surface area (Å²) in [7, 11) is 3.13. The van der Waals surface area contributed by atoms with E-state index in [9.17, 15) is 9.50 Å². The van der Waals surface area contributed by atoms with Crippen molar-refractivity contribution in [3.63, 3.8) is 0 Å². The molecule has 2 aromatic carbocycles. The van der Waals surface area contributed by atoms with Gasteiger partial charge in [0.2, 0.25) is 0 Å². The van der Waals surface area contributed by atoms with Gasteiger partial charge >= 0.3 is 0 Å². The van der Waals surface area contributed by atoms with E-state index in [1.165, 1.54) is 22.3 Å². The van der Waals surface area contributed by atoms with Gasteiger partial charge in [0.1, 0.15) is 22.4 Å². The molecule has 1 aromatic heterocycles. The van der Waals surface area contributed by atoms with E-state index in [0.717, 1.165) is 5.56 Å². The molecule has 29 heavy (non-hydrogen) atoms. The summed E-state index contributed by atoms with van der Waals surface area (Å²) in [5.74, 6) is 0.759. The fraction of sp³-hybridized carbons (Fsp3) is 0.143. The van der Waals surface area contributed by atoms with Crippen LogP contribution in [0.15, 0.2) is 53.6 Å². The number of halogens is 1. The fourth-order valence-corrected chi connectivity index (χ4v) is 4.09. The monoisotopic (exact) mass is 411 g/mol. The molecule has 1 aliphatic heterocycles. The van der Waals surface area contributed by atoms with E-state index in [2.05, 4.69) is 4.98 Å². The lowest BCUT2D eigenvalue weighted by Crippen LogP contribution is -2.26. The largest absolute Gasteiger partial charge is 0.510 e. The molecule has 148 valence electrons. The molecule has 0 aliphatic carbocycles. The quantitative estimate of drug-likeness (QED) is 0.634. The molecule has 4 rings (SSSR count). The normalized spacial score (nSPS) is 13.9. The van der Waals surface area contributed by atoms with Gasteiger partial charge < -0.3 is 19.5 Å². The number of anilines is 1. The van der Waals surface area contributed by atoms with E-state index in [-0.39, 0.29) is 23.8 Å². The first-order valence-electron chi connectivity index (χ1n) is 8.75.